The summed E-state index contributed by atoms with van der Waals surface area (Å²) in [5.41, 5.74) is -0.583. The van der Waals surface area contributed by atoms with Crippen LogP contribution in [0, 0.1) is 11.6 Å². The average Bonchev–Trinajstić information content (AvgIpc) is 2.27. The molecule has 0 radical (unpaired) electrons. The van der Waals surface area contributed by atoms with Crippen molar-refractivity contribution in [2.24, 2.45) is 0 Å². The minimum atomic E-state index is -0.911. The van der Waals surface area contributed by atoms with Crippen molar-refractivity contribution >= 4 is 21.8 Å². The zero-order chi connectivity index (χ0) is 13.7. The van der Waals surface area contributed by atoms with E-state index in [1.54, 1.807) is 0 Å². The lowest BCUT2D eigenvalue weighted by Gasteiger charge is -2.21. The van der Waals surface area contributed by atoms with E-state index >= 15 is 0 Å². The summed E-state index contributed by atoms with van der Waals surface area (Å²) in [4.78, 5) is 13.2. The third-order valence-corrected chi connectivity index (χ3v) is 2.83. The highest BCUT2D eigenvalue weighted by Crippen LogP contribution is 2.21. The van der Waals surface area contributed by atoms with Gasteiger partial charge in [-0.15, -0.1) is 0 Å². The number of carbonyl (C=O) groups is 1. The van der Waals surface area contributed by atoms with Gasteiger partial charge in [0.2, 0.25) is 0 Å². The summed E-state index contributed by atoms with van der Waals surface area (Å²) >= 11 is 2.95. The molecule has 1 amide bonds. The molecule has 0 unspecified atom stereocenters. The minimum absolute atomic E-state index is 0.0572. The summed E-state index contributed by atoms with van der Waals surface area (Å²) < 4.78 is 27.5. The molecule has 1 aromatic carbocycles. The van der Waals surface area contributed by atoms with Crippen LogP contribution < -0.4 is 0 Å². The summed E-state index contributed by atoms with van der Waals surface area (Å²) in [5.74, 6) is -2.56. The van der Waals surface area contributed by atoms with Crippen LogP contribution in [0.5, 0.6) is 0 Å². The van der Waals surface area contributed by atoms with Crippen LogP contribution in [0.3, 0.4) is 0 Å². The monoisotopic (exact) mass is 321 g/mol. The van der Waals surface area contributed by atoms with E-state index in [1.807, 2.05) is 6.92 Å². The molecule has 0 saturated carbocycles. The summed E-state index contributed by atoms with van der Waals surface area (Å²) in [6.45, 7) is 1.99. The topological polar surface area (TPSA) is 40.5 Å². The smallest absolute Gasteiger partial charge is 0.259 e. The zero-order valence-corrected chi connectivity index (χ0v) is 11.5. The van der Waals surface area contributed by atoms with Crippen LogP contribution >= 0.6 is 15.9 Å². The molecule has 0 aliphatic rings. The first-order valence-electron chi connectivity index (χ1n) is 5.56. The van der Waals surface area contributed by atoms with Gasteiger partial charge >= 0.3 is 0 Å². The number of aliphatic hydroxyl groups is 1. The molecule has 0 aliphatic heterocycles. The van der Waals surface area contributed by atoms with E-state index in [-0.39, 0.29) is 17.6 Å². The van der Waals surface area contributed by atoms with Crippen LogP contribution in [0.15, 0.2) is 16.6 Å². The Bertz CT molecular complexity index is 411. The van der Waals surface area contributed by atoms with Crippen molar-refractivity contribution in [3.05, 3.63) is 33.8 Å². The van der Waals surface area contributed by atoms with E-state index in [2.05, 4.69) is 15.9 Å². The van der Waals surface area contributed by atoms with Gasteiger partial charge in [0.05, 0.1) is 6.61 Å². The fourth-order valence-corrected chi connectivity index (χ4v) is 2.01. The molecule has 0 heterocycles. The number of rotatable bonds is 5. The number of aliphatic hydroxyl groups excluding tert-OH is 1. The SMILES string of the molecule is CCCN(CCO)C(=O)c1c(F)cc(Br)cc1F. The average molecular weight is 322 g/mol. The van der Waals surface area contributed by atoms with Crippen LogP contribution in [0.2, 0.25) is 0 Å². The molecule has 1 rings (SSSR count). The lowest BCUT2D eigenvalue weighted by atomic mass is 10.1. The summed E-state index contributed by atoms with van der Waals surface area (Å²) in [7, 11) is 0. The maximum absolute atomic E-state index is 13.6. The number of carbonyl (C=O) groups excluding carboxylic acids is 1. The molecule has 0 aliphatic carbocycles. The van der Waals surface area contributed by atoms with Crippen LogP contribution in [0.25, 0.3) is 0 Å². The van der Waals surface area contributed by atoms with Crippen molar-refractivity contribution in [3.8, 4) is 0 Å². The first kappa shape index (κ1) is 15.0. The Morgan fingerprint density at radius 3 is 2.33 bits per heavy atom. The van der Waals surface area contributed by atoms with Gasteiger partial charge in [-0.1, -0.05) is 22.9 Å². The van der Waals surface area contributed by atoms with Gasteiger partial charge in [0.25, 0.3) is 5.91 Å². The fourth-order valence-electron chi connectivity index (χ4n) is 1.61. The second-order valence-corrected chi connectivity index (χ2v) is 4.68. The van der Waals surface area contributed by atoms with Crippen molar-refractivity contribution in [1.29, 1.82) is 0 Å². The number of amides is 1. The van der Waals surface area contributed by atoms with Gasteiger partial charge in [-0.2, -0.15) is 0 Å². The summed E-state index contributed by atoms with van der Waals surface area (Å²) in [6.07, 6.45) is 0.644. The zero-order valence-electron chi connectivity index (χ0n) is 9.92. The van der Waals surface area contributed by atoms with E-state index in [0.717, 1.165) is 12.1 Å². The van der Waals surface area contributed by atoms with E-state index in [0.29, 0.717) is 13.0 Å². The molecule has 100 valence electrons. The van der Waals surface area contributed by atoms with Crippen molar-refractivity contribution in [1.82, 2.24) is 4.90 Å². The number of hydrogen-bond acceptors (Lipinski definition) is 2. The van der Waals surface area contributed by atoms with Gasteiger partial charge in [-0.05, 0) is 18.6 Å². The van der Waals surface area contributed by atoms with Crippen molar-refractivity contribution in [2.75, 3.05) is 19.7 Å². The Hall–Kier alpha value is -1.01. The quantitative estimate of drug-likeness (QED) is 0.905. The van der Waals surface area contributed by atoms with Gasteiger partial charge < -0.3 is 10.0 Å². The second-order valence-electron chi connectivity index (χ2n) is 3.76. The van der Waals surface area contributed by atoms with E-state index in [1.165, 1.54) is 4.90 Å². The lowest BCUT2D eigenvalue weighted by molar-refractivity contribution is 0.0712. The van der Waals surface area contributed by atoms with E-state index in [4.69, 9.17) is 5.11 Å². The Balaban J connectivity index is 3.08. The highest BCUT2D eigenvalue weighted by Gasteiger charge is 2.23. The molecule has 0 fully saturated rings. The Labute approximate surface area is 113 Å². The largest absolute Gasteiger partial charge is 0.395 e. The van der Waals surface area contributed by atoms with Gasteiger partial charge in [0.1, 0.15) is 17.2 Å². The van der Waals surface area contributed by atoms with Crippen LogP contribution in [-0.2, 0) is 0 Å². The molecule has 0 aromatic heterocycles. The van der Waals surface area contributed by atoms with Crippen LogP contribution in [-0.4, -0.2) is 35.6 Å². The number of halogens is 3. The third-order valence-electron chi connectivity index (χ3n) is 2.37. The van der Waals surface area contributed by atoms with E-state index in [9.17, 15) is 13.6 Å². The molecule has 1 N–H and O–H groups in total. The highest BCUT2D eigenvalue weighted by molar-refractivity contribution is 9.10. The molecule has 18 heavy (non-hydrogen) atoms. The van der Waals surface area contributed by atoms with Gasteiger partial charge in [-0.3, -0.25) is 4.79 Å². The van der Waals surface area contributed by atoms with Gasteiger partial charge in [-0.25, -0.2) is 8.78 Å². The molecule has 6 heteroatoms. The first-order valence-corrected chi connectivity index (χ1v) is 6.35. The molecule has 1 aromatic rings. The molecular formula is C12H14BrF2NO2. The van der Waals surface area contributed by atoms with Gasteiger partial charge in [0.15, 0.2) is 0 Å². The molecule has 0 saturated heterocycles. The number of benzene rings is 1. The number of hydrogen-bond donors (Lipinski definition) is 1. The van der Waals surface area contributed by atoms with Crippen LogP contribution in [0.4, 0.5) is 8.78 Å². The Kier molecular flexibility index (Phi) is 5.68. The maximum Gasteiger partial charge on any atom is 0.259 e. The first-order chi connectivity index (χ1) is 8.51. The lowest BCUT2D eigenvalue weighted by Crippen LogP contribution is -2.35. The van der Waals surface area contributed by atoms with Crippen molar-refractivity contribution in [2.45, 2.75) is 13.3 Å². The van der Waals surface area contributed by atoms with Crippen molar-refractivity contribution < 1.29 is 18.7 Å². The molecule has 0 bridgehead atoms. The highest BCUT2D eigenvalue weighted by atomic mass is 79.9. The standard InChI is InChI=1S/C12H14BrF2NO2/c1-2-3-16(4-5-17)12(18)11-9(14)6-8(13)7-10(11)15/h6-7,17H,2-5H2,1H3. The molecular weight excluding hydrogens is 308 g/mol. The predicted molar refractivity (Wildman–Crippen MR) is 67.3 cm³/mol. The molecule has 0 spiro atoms. The fraction of sp³-hybridized carbons (Fsp3) is 0.417. The minimum Gasteiger partial charge on any atom is -0.395 e. The number of nitrogens with zero attached hydrogens (tertiary/aromatic N) is 1. The van der Waals surface area contributed by atoms with Crippen molar-refractivity contribution in [3.63, 3.8) is 0 Å². The normalized spacial score (nSPS) is 10.5. The maximum atomic E-state index is 13.6. The second kappa shape index (κ2) is 6.80. The predicted octanol–water partition coefficient (Wildman–Crippen LogP) is 2.57. The third kappa shape index (κ3) is 3.49. The van der Waals surface area contributed by atoms with Crippen LogP contribution in [0.1, 0.15) is 23.7 Å². The summed E-state index contributed by atoms with van der Waals surface area (Å²) in [5, 5.41) is 8.85. The Morgan fingerprint density at radius 1 is 1.33 bits per heavy atom. The Morgan fingerprint density at radius 2 is 1.89 bits per heavy atom. The molecule has 3 nitrogen and oxygen atoms in total. The van der Waals surface area contributed by atoms with Gasteiger partial charge in [0, 0.05) is 17.6 Å². The van der Waals surface area contributed by atoms with E-state index < -0.39 is 23.1 Å². The summed E-state index contributed by atoms with van der Waals surface area (Å²) in [6, 6.07) is 2.08. The molecule has 0 atom stereocenters.